The van der Waals surface area contributed by atoms with Crippen LogP contribution < -0.4 is 0 Å². The molecular formula is C26H48NO6+. The molecule has 0 aromatic carbocycles. The molecule has 0 heterocycles. The van der Waals surface area contributed by atoms with E-state index in [1.165, 1.54) is 0 Å². The molecule has 0 aromatic heterocycles. The summed E-state index contributed by atoms with van der Waals surface area (Å²) in [6.45, 7) is 7.99. The van der Waals surface area contributed by atoms with E-state index in [2.05, 4.69) is 19.1 Å². The van der Waals surface area contributed by atoms with Crippen molar-refractivity contribution in [2.75, 3.05) is 6.54 Å². The Morgan fingerprint density at radius 3 is 1.36 bits per heavy atom. The van der Waals surface area contributed by atoms with Gasteiger partial charge in [-0.05, 0) is 51.4 Å². The van der Waals surface area contributed by atoms with Gasteiger partial charge in [-0.3, -0.25) is 4.48 Å². The van der Waals surface area contributed by atoms with Crippen molar-refractivity contribution in [2.45, 2.75) is 129 Å². The number of carboxylic acids is 3. The highest BCUT2D eigenvalue weighted by Crippen LogP contribution is 2.34. The zero-order valence-corrected chi connectivity index (χ0v) is 21.3. The number of allylic oxidation sites excluding steroid dienone is 2. The maximum absolute atomic E-state index is 12.4. The maximum Gasteiger partial charge on any atom is 0.362 e. The number of carbonyl (C=O) groups is 3. The Morgan fingerprint density at radius 2 is 1.00 bits per heavy atom. The number of hydrogen-bond acceptors (Lipinski definition) is 3. The van der Waals surface area contributed by atoms with Gasteiger partial charge in [-0.2, -0.15) is 0 Å². The van der Waals surface area contributed by atoms with Gasteiger partial charge in [-0.1, -0.05) is 52.7 Å². The third kappa shape index (κ3) is 9.86. The summed E-state index contributed by atoms with van der Waals surface area (Å²) in [5, 5.41) is 30.5. The van der Waals surface area contributed by atoms with Crippen LogP contribution in [0.5, 0.6) is 0 Å². The number of unbranched alkanes of at least 4 members (excludes halogenated alkanes) is 5. The van der Waals surface area contributed by atoms with Crippen LogP contribution in [0.15, 0.2) is 12.2 Å². The summed E-state index contributed by atoms with van der Waals surface area (Å²) in [5.41, 5.74) is 0. The van der Waals surface area contributed by atoms with Crippen LogP contribution in [0.3, 0.4) is 0 Å². The third-order valence-electron chi connectivity index (χ3n) is 6.57. The van der Waals surface area contributed by atoms with Gasteiger partial charge in [0.2, 0.25) is 0 Å². The average Bonchev–Trinajstić information content (AvgIpc) is 2.76. The lowest BCUT2D eigenvalue weighted by Crippen LogP contribution is -2.72. The van der Waals surface area contributed by atoms with Gasteiger partial charge in [0.15, 0.2) is 18.1 Å². The van der Waals surface area contributed by atoms with Crippen molar-refractivity contribution < 1.29 is 34.2 Å². The Balaban J connectivity index is 6.03. The molecule has 0 aromatic rings. The van der Waals surface area contributed by atoms with E-state index in [9.17, 15) is 29.7 Å². The molecule has 3 unspecified atom stereocenters. The summed E-state index contributed by atoms with van der Waals surface area (Å²) in [4.78, 5) is 37.3. The first-order valence-electron chi connectivity index (χ1n) is 12.9. The Kier molecular flexibility index (Phi) is 16.6. The first-order valence-corrected chi connectivity index (χ1v) is 12.9. The predicted octanol–water partition coefficient (Wildman–Crippen LogP) is 5.87. The van der Waals surface area contributed by atoms with Crippen LogP contribution in [0.4, 0.5) is 0 Å². The quantitative estimate of drug-likeness (QED) is 0.110. The first kappa shape index (κ1) is 31.1. The van der Waals surface area contributed by atoms with E-state index < -0.39 is 36.0 Å². The second-order valence-electron chi connectivity index (χ2n) is 9.11. The molecule has 0 saturated heterocycles. The summed E-state index contributed by atoms with van der Waals surface area (Å²) in [6.07, 6.45) is 13.5. The third-order valence-corrected chi connectivity index (χ3v) is 6.57. The molecule has 0 saturated carbocycles. The predicted molar refractivity (Wildman–Crippen MR) is 131 cm³/mol. The van der Waals surface area contributed by atoms with E-state index in [0.717, 1.165) is 38.5 Å². The number of quaternary nitrogens is 1. The highest BCUT2D eigenvalue weighted by Gasteiger charge is 2.56. The van der Waals surface area contributed by atoms with E-state index in [1.807, 2.05) is 20.8 Å². The van der Waals surface area contributed by atoms with Crippen LogP contribution in [0.1, 0.15) is 111 Å². The van der Waals surface area contributed by atoms with Gasteiger partial charge in [0, 0.05) is 19.3 Å². The Hall–Kier alpha value is -1.89. The lowest BCUT2D eigenvalue weighted by molar-refractivity contribution is -0.973. The fourth-order valence-electron chi connectivity index (χ4n) is 5.05. The molecule has 0 rings (SSSR count). The van der Waals surface area contributed by atoms with Crippen molar-refractivity contribution in [3.63, 3.8) is 0 Å². The van der Waals surface area contributed by atoms with Crippen LogP contribution in [0, 0.1) is 0 Å². The molecule has 0 fully saturated rings. The SMILES string of the molecule is CCC/C=C/CCCCCC[N+](C(CCC)C(=O)O)(C(CCC)C(=O)O)C(CCC)C(=O)O. The van der Waals surface area contributed by atoms with E-state index in [4.69, 9.17) is 0 Å². The maximum atomic E-state index is 12.4. The van der Waals surface area contributed by atoms with Crippen LogP contribution in [-0.2, 0) is 14.4 Å². The normalized spacial score (nSPS) is 16.2. The first-order chi connectivity index (χ1) is 15.7. The van der Waals surface area contributed by atoms with Gasteiger partial charge in [0.05, 0.1) is 6.54 Å². The Morgan fingerprint density at radius 1 is 0.606 bits per heavy atom. The lowest BCUT2D eigenvalue weighted by Gasteiger charge is -2.50. The Bertz CT molecular complexity index is 544. The molecule has 0 aliphatic carbocycles. The van der Waals surface area contributed by atoms with Gasteiger partial charge in [0.25, 0.3) is 0 Å². The molecule has 7 heteroatoms. The number of nitrogens with zero attached hydrogens (tertiary/aromatic N) is 1. The molecule has 0 bridgehead atoms. The lowest BCUT2D eigenvalue weighted by atomic mass is 9.91. The van der Waals surface area contributed by atoms with Crippen molar-refractivity contribution >= 4 is 17.9 Å². The minimum Gasteiger partial charge on any atom is -0.477 e. The molecule has 192 valence electrons. The monoisotopic (exact) mass is 470 g/mol. The average molecular weight is 471 g/mol. The van der Waals surface area contributed by atoms with Crippen molar-refractivity contribution in [2.24, 2.45) is 0 Å². The van der Waals surface area contributed by atoms with Crippen molar-refractivity contribution in [3.8, 4) is 0 Å². The van der Waals surface area contributed by atoms with E-state index in [-0.39, 0.29) is 30.3 Å². The largest absolute Gasteiger partial charge is 0.477 e. The van der Waals surface area contributed by atoms with Crippen molar-refractivity contribution in [3.05, 3.63) is 12.2 Å². The minimum atomic E-state index is -1.09. The van der Waals surface area contributed by atoms with Crippen LogP contribution in [0.2, 0.25) is 0 Å². The number of hydrogen-bond donors (Lipinski definition) is 3. The smallest absolute Gasteiger partial charge is 0.362 e. The van der Waals surface area contributed by atoms with Gasteiger partial charge in [-0.15, -0.1) is 0 Å². The molecule has 7 nitrogen and oxygen atoms in total. The van der Waals surface area contributed by atoms with Crippen LogP contribution in [0.25, 0.3) is 0 Å². The molecule has 3 atom stereocenters. The molecular weight excluding hydrogens is 422 g/mol. The fourth-order valence-corrected chi connectivity index (χ4v) is 5.05. The zero-order chi connectivity index (χ0) is 25.3. The molecule has 0 aliphatic heterocycles. The van der Waals surface area contributed by atoms with Crippen molar-refractivity contribution in [1.29, 1.82) is 0 Å². The molecule has 0 amide bonds. The molecule has 3 N–H and O–H groups in total. The second-order valence-corrected chi connectivity index (χ2v) is 9.11. The molecule has 0 spiro atoms. The van der Waals surface area contributed by atoms with Gasteiger partial charge < -0.3 is 15.3 Å². The van der Waals surface area contributed by atoms with Gasteiger partial charge in [-0.25, -0.2) is 14.4 Å². The number of aliphatic carboxylic acids is 3. The topological polar surface area (TPSA) is 112 Å². The standard InChI is InChI=1S/C26H47NO6/c1-5-9-10-11-12-13-14-15-16-20-27(21(17-6-2)24(28)29,22(18-7-3)25(30)31)23(19-8-4)26(32)33/h10-11,21-23H,5-9,12-20H2,1-4H3,(H2-,28,29,30,31,32,33)/p+1/b11-10+. The highest BCUT2D eigenvalue weighted by atomic mass is 16.4. The Labute approximate surface area is 200 Å². The summed E-state index contributed by atoms with van der Waals surface area (Å²) >= 11 is 0. The van der Waals surface area contributed by atoms with E-state index >= 15 is 0 Å². The second kappa shape index (κ2) is 17.6. The fraction of sp³-hybridized carbons (Fsp3) is 0.808. The zero-order valence-electron chi connectivity index (χ0n) is 21.3. The van der Waals surface area contributed by atoms with E-state index in [1.54, 1.807) is 0 Å². The molecule has 0 radical (unpaired) electrons. The van der Waals surface area contributed by atoms with Gasteiger partial charge in [0.1, 0.15) is 0 Å². The minimum absolute atomic E-state index is 0.260. The summed E-state index contributed by atoms with van der Waals surface area (Å²) < 4.78 is -0.383. The summed E-state index contributed by atoms with van der Waals surface area (Å²) in [7, 11) is 0. The van der Waals surface area contributed by atoms with Crippen LogP contribution >= 0.6 is 0 Å². The van der Waals surface area contributed by atoms with Gasteiger partial charge >= 0.3 is 17.9 Å². The van der Waals surface area contributed by atoms with E-state index in [0.29, 0.717) is 25.7 Å². The highest BCUT2D eigenvalue weighted by molar-refractivity contribution is 5.78. The van der Waals surface area contributed by atoms with Crippen LogP contribution in [-0.4, -0.2) is 62.4 Å². The number of carboxylic acid groups (broad SMARTS) is 3. The van der Waals surface area contributed by atoms with Crippen molar-refractivity contribution in [1.82, 2.24) is 0 Å². The number of rotatable bonds is 21. The summed E-state index contributed by atoms with van der Waals surface area (Å²) in [6, 6.07) is -3.15. The summed E-state index contributed by atoms with van der Waals surface area (Å²) in [5.74, 6) is -3.28. The molecule has 33 heavy (non-hydrogen) atoms. The molecule has 0 aliphatic rings.